The van der Waals surface area contributed by atoms with Gasteiger partial charge < -0.3 is 14.6 Å². The Morgan fingerprint density at radius 3 is 2.40 bits per heavy atom. The van der Waals surface area contributed by atoms with E-state index in [4.69, 9.17) is 9.47 Å². The molecule has 0 radical (unpaired) electrons. The zero-order chi connectivity index (χ0) is 20.7. The lowest BCUT2D eigenvalue weighted by molar-refractivity contribution is -0.123. The van der Waals surface area contributed by atoms with Crippen molar-refractivity contribution in [1.29, 1.82) is 0 Å². The molecular formula is C24H17NO5. The van der Waals surface area contributed by atoms with Crippen LogP contribution in [0.15, 0.2) is 66.7 Å². The lowest BCUT2D eigenvalue weighted by atomic mass is 9.91. The second kappa shape index (κ2) is 7.08. The molecule has 0 spiro atoms. The number of hydrogen-bond donors (Lipinski definition) is 1. The van der Waals surface area contributed by atoms with E-state index < -0.39 is 0 Å². The van der Waals surface area contributed by atoms with Crippen LogP contribution in [0.25, 0.3) is 11.6 Å². The molecule has 3 aromatic carbocycles. The largest absolute Gasteiger partial charge is 0.508 e. The first-order chi connectivity index (χ1) is 14.6. The first kappa shape index (κ1) is 18.0. The molecule has 0 aliphatic carbocycles. The van der Waals surface area contributed by atoms with Crippen molar-refractivity contribution < 1.29 is 24.2 Å². The fraction of sp³-hybridized carbons (Fsp3) is 0.0833. The van der Waals surface area contributed by atoms with Gasteiger partial charge in [-0.3, -0.25) is 14.5 Å². The Balaban J connectivity index is 1.55. The number of benzene rings is 3. The number of amides is 2. The molecule has 3 aromatic rings. The minimum absolute atomic E-state index is 0.121. The van der Waals surface area contributed by atoms with E-state index >= 15 is 0 Å². The summed E-state index contributed by atoms with van der Waals surface area (Å²) in [6, 6.07) is 19.0. The summed E-state index contributed by atoms with van der Waals surface area (Å²) >= 11 is 0. The molecule has 0 fully saturated rings. The third-order valence-corrected chi connectivity index (χ3v) is 5.15. The highest BCUT2D eigenvalue weighted by Crippen LogP contribution is 2.35. The molecule has 2 aliphatic rings. The van der Waals surface area contributed by atoms with Gasteiger partial charge in [0.15, 0.2) is 11.5 Å². The average Bonchev–Trinajstić information content (AvgIpc) is 3.23. The minimum Gasteiger partial charge on any atom is -0.508 e. The van der Waals surface area contributed by atoms with Gasteiger partial charge in [-0.1, -0.05) is 36.4 Å². The van der Waals surface area contributed by atoms with E-state index in [9.17, 15) is 14.7 Å². The zero-order valence-corrected chi connectivity index (χ0v) is 15.9. The molecule has 30 heavy (non-hydrogen) atoms. The fourth-order valence-electron chi connectivity index (χ4n) is 3.64. The summed E-state index contributed by atoms with van der Waals surface area (Å²) in [6.07, 6.45) is 1.74. The van der Waals surface area contributed by atoms with E-state index in [1.165, 1.54) is 4.90 Å². The molecule has 0 aromatic heterocycles. The Labute approximate surface area is 172 Å². The standard InChI is InChI=1S/C24H17NO5/c26-17-8-5-15(6-9-17)11-20-18-3-1-2-4-19(18)23(27)25(24(20)28)13-16-7-10-21-22(12-16)30-14-29-21/h1-12,26H,13-14H2/b20-11+. The van der Waals surface area contributed by atoms with E-state index in [0.29, 0.717) is 28.2 Å². The first-order valence-corrected chi connectivity index (χ1v) is 9.45. The molecule has 0 unspecified atom stereocenters. The van der Waals surface area contributed by atoms with E-state index in [1.807, 2.05) is 6.07 Å². The van der Waals surface area contributed by atoms with Gasteiger partial charge in [0.1, 0.15) is 5.75 Å². The summed E-state index contributed by atoms with van der Waals surface area (Å²) in [5.74, 6) is 0.686. The van der Waals surface area contributed by atoms with Crippen molar-refractivity contribution in [2.45, 2.75) is 6.54 Å². The third-order valence-electron chi connectivity index (χ3n) is 5.15. The number of ether oxygens (including phenoxy) is 2. The number of fused-ring (bicyclic) bond motifs is 2. The predicted octanol–water partition coefficient (Wildman–Crippen LogP) is 3.84. The Morgan fingerprint density at radius 1 is 0.867 bits per heavy atom. The SMILES string of the molecule is O=C1/C(=C/c2ccc(O)cc2)c2ccccc2C(=O)N1Cc1ccc2c(c1)OCO2. The van der Waals surface area contributed by atoms with Crippen LogP contribution in [0.5, 0.6) is 17.2 Å². The number of aromatic hydroxyl groups is 1. The third kappa shape index (κ3) is 3.08. The van der Waals surface area contributed by atoms with Crippen LogP contribution in [-0.2, 0) is 11.3 Å². The summed E-state index contributed by atoms with van der Waals surface area (Å²) in [5, 5.41) is 9.52. The number of phenols is 1. The first-order valence-electron chi connectivity index (χ1n) is 9.45. The minimum atomic E-state index is -0.371. The Bertz CT molecular complexity index is 1200. The predicted molar refractivity (Wildman–Crippen MR) is 110 cm³/mol. The number of nitrogens with zero attached hydrogens (tertiary/aromatic N) is 1. The summed E-state index contributed by atoms with van der Waals surface area (Å²) in [6.45, 7) is 0.281. The molecule has 6 nitrogen and oxygen atoms in total. The highest BCUT2D eigenvalue weighted by Gasteiger charge is 2.34. The smallest absolute Gasteiger partial charge is 0.261 e. The van der Waals surface area contributed by atoms with Crippen molar-refractivity contribution in [3.8, 4) is 17.2 Å². The van der Waals surface area contributed by atoms with Crippen LogP contribution in [0.4, 0.5) is 0 Å². The van der Waals surface area contributed by atoms with Crippen LogP contribution in [0.3, 0.4) is 0 Å². The maximum absolute atomic E-state index is 13.3. The number of hydrogen-bond acceptors (Lipinski definition) is 5. The van der Waals surface area contributed by atoms with Gasteiger partial charge in [0.05, 0.1) is 6.54 Å². The lowest BCUT2D eigenvalue weighted by Gasteiger charge is -2.28. The van der Waals surface area contributed by atoms with Crippen LogP contribution in [-0.4, -0.2) is 28.6 Å². The number of phenolic OH excluding ortho intramolecular Hbond substituents is 1. The fourth-order valence-corrected chi connectivity index (χ4v) is 3.64. The van der Waals surface area contributed by atoms with Crippen molar-refractivity contribution in [3.05, 3.63) is 89.0 Å². The lowest BCUT2D eigenvalue weighted by Crippen LogP contribution is -2.41. The molecule has 0 saturated carbocycles. The maximum Gasteiger partial charge on any atom is 0.261 e. The average molecular weight is 399 g/mol. The topological polar surface area (TPSA) is 76.1 Å². The molecule has 5 rings (SSSR count). The van der Waals surface area contributed by atoms with Gasteiger partial charge in [0.2, 0.25) is 6.79 Å². The monoisotopic (exact) mass is 399 g/mol. The summed E-state index contributed by atoms with van der Waals surface area (Å²) in [4.78, 5) is 27.7. The van der Waals surface area contributed by atoms with Gasteiger partial charge in [0, 0.05) is 11.1 Å². The molecule has 2 aliphatic heterocycles. The number of carbonyl (C=O) groups is 2. The maximum atomic E-state index is 13.3. The zero-order valence-electron chi connectivity index (χ0n) is 15.9. The molecule has 1 N–H and O–H groups in total. The van der Waals surface area contributed by atoms with Crippen molar-refractivity contribution in [2.75, 3.05) is 6.79 Å². The van der Waals surface area contributed by atoms with Crippen molar-refractivity contribution >= 4 is 23.5 Å². The Hall–Kier alpha value is -4.06. The van der Waals surface area contributed by atoms with Crippen LogP contribution in [0.2, 0.25) is 0 Å². The summed E-state index contributed by atoms with van der Waals surface area (Å²) in [5.41, 5.74) is 3.02. The number of rotatable bonds is 3. The van der Waals surface area contributed by atoms with Crippen LogP contribution < -0.4 is 9.47 Å². The Kier molecular flexibility index (Phi) is 4.25. The van der Waals surface area contributed by atoms with Gasteiger partial charge in [0.25, 0.3) is 11.8 Å². The summed E-state index contributed by atoms with van der Waals surface area (Å²) < 4.78 is 10.7. The van der Waals surface area contributed by atoms with Crippen molar-refractivity contribution in [1.82, 2.24) is 4.90 Å². The second-order valence-corrected chi connectivity index (χ2v) is 7.08. The second-order valence-electron chi connectivity index (χ2n) is 7.08. The molecule has 148 valence electrons. The van der Waals surface area contributed by atoms with Gasteiger partial charge >= 0.3 is 0 Å². The number of carbonyl (C=O) groups excluding carboxylic acids is 2. The molecule has 6 heteroatoms. The van der Waals surface area contributed by atoms with Crippen LogP contribution >= 0.6 is 0 Å². The van der Waals surface area contributed by atoms with E-state index in [-0.39, 0.29) is 30.9 Å². The highest BCUT2D eigenvalue weighted by molar-refractivity contribution is 6.33. The normalized spacial score (nSPS) is 16.1. The van der Waals surface area contributed by atoms with E-state index in [0.717, 1.165) is 11.1 Å². The summed E-state index contributed by atoms with van der Waals surface area (Å²) in [7, 11) is 0. The molecule has 0 saturated heterocycles. The van der Waals surface area contributed by atoms with Gasteiger partial charge in [-0.05, 0) is 53.1 Å². The van der Waals surface area contributed by atoms with Gasteiger partial charge in [-0.25, -0.2) is 0 Å². The molecule has 2 heterocycles. The molecular weight excluding hydrogens is 382 g/mol. The quantitative estimate of drug-likeness (QED) is 0.535. The molecule has 2 amide bonds. The van der Waals surface area contributed by atoms with Crippen LogP contribution in [0.1, 0.15) is 27.0 Å². The van der Waals surface area contributed by atoms with Gasteiger partial charge in [-0.2, -0.15) is 0 Å². The van der Waals surface area contributed by atoms with Crippen LogP contribution in [0, 0.1) is 0 Å². The Morgan fingerprint density at radius 2 is 1.60 bits per heavy atom. The van der Waals surface area contributed by atoms with E-state index in [2.05, 4.69) is 0 Å². The van der Waals surface area contributed by atoms with E-state index in [1.54, 1.807) is 66.7 Å². The van der Waals surface area contributed by atoms with Gasteiger partial charge in [-0.15, -0.1) is 0 Å². The van der Waals surface area contributed by atoms with Crippen molar-refractivity contribution in [2.24, 2.45) is 0 Å². The highest BCUT2D eigenvalue weighted by atomic mass is 16.7. The molecule has 0 bridgehead atoms. The van der Waals surface area contributed by atoms with Crippen molar-refractivity contribution in [3.63, 3.8) is 0 Å². The number of imide groups is 1. The molecule has 0 atom stereocenters.